The van der Waals surface area contributed by atoms with Crippen LogP contribution in [0.15, 0.2) is 17.3 Å². The molecule has 0 aliphatic heterocycles. The fraction of sp³-hybridized carbons (Fsp3) is 0.182. The van der Waals surface area contributed by atoms with Crippen LogP contribution < -0.4 is 4.74 Å². The lowest BCUT2D eigenvalue weighted by Gasteiger charge is -2.05. The molecule has 2 rings (SSSR count). The second kappa shape index (κ2) is 5.70. The first-order chi connectivity index (χ1) is 9.15. The number of phenols is 1. The Bertz CT molecular complexity index is 603. The quantitative estimate of drug-likeness (QED) is 0.640. The molecule has 0 aliphatic rings. The Hall–Kier alpha value is -2.09. The van der Waals surface area contributed by atoms with Crippen LogP contribution in [0.25, 0.3) is 11.4 Å². The van der Waals surface area contributed by atoms with Crippen LogP contribution in [0, 0.1) is 5.82 Å². The van der Waals surface area contributed by atoms with Crippen LogP contribution in [0.1, 0.15) is 0 Å². The number of aromatic amines is 1. The minimum absolute atomic E-state index is 0.00787. The normalized spacial score (nSPS) is 10.4. The number of thioether (sulfide) groups is 1. The molecule has 0 amide bonds. The summed E-state index contributed by atoms with van der Waals surface area (Å²) in [7, 11) is 1.32. The van der Waals surface area contributed by atoms with Crippen LogP contribution in [0.2, 0.25) is 0 Å². The van der Waals surface area contributed by atoms with Crippen LogP contribution in [0.5, 0.6) is 11.5 Å². The summed E-state index contributed by atoms with van der Waals surface area (Å²) in [6.45, 7) is 0. The zero-order valence-electron chi connectivity index (χ0n) is 9.88. The van der Waals surface area contributed by atoms with Gasteiger partial charge in [-0.15, -0.1) is 5.10 Å². The molecule has 0 atom stereocenters. The predicted octanol–water partition coefficient (Wildman–Crippen LogP) is 1.62. The Morgan fingerprint density at radius 1 is 1.58 bits per heavy atom. The van der Waals surface area contributed by atoms with Gasteiger partial charge in [-0.3, -0.25) is 5.10 Å². The molecule has 0 spiro atoms. The molecule has 2 N–H and O–H groups in total. The Kier molecular flexibility index (Phi) is 4.00. The number of carbonyl (C=O) groups excluding carboxylic acids is 1. The summed E-state index contributed by atoms with van der Waals surface area (Å²) in [5, 5.41) is 16.3. The number of hydrogen-bond donors (Lipinski definition) is 2. The zero-order valence-corrected chi connectivity index (χ0v) is 10.7. The number of halogens is 1. The van der Waals surface area contributed by atoms with E-state index >= 15 is 0 Å². The number of H-pyrrole nitrogens is 1. The van der Waals surface area contributed by atoms with E-state index in [-0.39, 0.29) is 11.5 Å². The van der Waals surface area contributed by atoms with E-state index in [1.807, 2.05) is 0 Å². The van der Waals surface area contributed by atoms with Crippen LogP contribution in [0.4, 0.5) is 4.39 Å². The molecule has 6 nitrogen and oxygen atoms in total. The van der Waals surface area contributed by atoms with Gasteiger partial charge in [0.1, 0.15) is 6.29 Å². The maximum absolute atomic E-state index is 13.5. The van der Waals surface area contributed by atoms with Crippen molar-refractivity contribution >= 4 is 18.0 Å². The average molecular weight is 283 g/mol. The topological polar surface area (TPSA) is 88.1 Å². The van der Waals surface area contributed by atoms with Gasteiger partial charge < -0.3 is 14.6 Å². The molecule has 0 bridgehead atoms. The largest absolute Gasteiger partial charge is 0.502 e. The summed E-state index contributed by atoms with van der Waals surface area (Å²) in [5.74, 6) is -0.793. The highest BCUT2D eigenvalue weighted by molar-refractivity contribution is 7.99. The molecular weight excluding hydrogens is 273 g/mol. The molecule has 0 aliphatic carbocycles. The highest BCUT2D eigenvalue weighted by Gasteiger charge is 2.14. The van der Waals surface area contributed by atoms with Gasteiger partial charge in [-0.05, 0) is 12.1 Å². The highest BCUT2D eigenvalue weighted by Crippen LogP contribution is 2.33. The van der Waals surface area contributed by atoms with Crippen molar-refractivity contribution in [3.8, 4) is 22.9 Å². The Labute approximate surface area is 112 Å². The van der Waals surface area contributed by atoms with E-state index in [1.54, 1.807) is 0 Å². The first-order valence-corrected chi connectivity index (χ1v) is 6.20. The summed E-state index contributed by atoms with van der Waals surface area (Å²) in [5.41, 5.74) is 0.387. The highest BCUT2D eigenvalue weighted by atomic mass is 32.2. The lowest BCUT2D eigenvalue weighted by atomic mass is 10.2. The third-order valence-electron chi connectivity index (χ3n) is 2.27. The van der Waals surface area contributed by atoms with Crippen molar-refractivity contribution in [2.75, 3.05) is 12.9 Å². The maximum Gasteiger partial charge on any atom is 0.209 e. The van der Waals surface area contributed by atoms with Crippen molar-refractivity contribution in [2.24, 2.45) is 0 Å². The third kappa shape index (κ3) is 2.84. The van der Waals surface area contributed by atoms with Gasteiger partial charge in [0.05, 0.1) is 12.9 Å². The minimum atomic E-state index is -0.812. The molecule has 0 saturated heterocycles. The van der Waals surface area contributed by atoms with Crippen molar-refractivity contribution in [1.29, 1.82) is 0 Å². The van der Waals surface area contributed by atoms with Gasteiger partial charge in [0.25, 0.3) is 0 Å². The molecule has 0 fully saturated rings. The molecule has 8 heteroatoms. The third-order valence-corrected chi connectivity index (χ3v) is 3.01. The fourth-order valence-electron chi connectivity index (χ4n) is 1.41. The molecule has 1 heterocycles. The van der Waals surface area contributed by atoms with Crippen molar-refractivity contribution in [3.63, 3.8) is 0 Å². The minimum Gasteiger partial charge on any atom is -0.502 e. The number of nitrogens with one attached hydrogen (secondary N) is 1. The standard InChI is InChI=1S/C11H10FN3O3S/c1-18-8-5-6(4-7(12)9(8)17)10-13-11(15-14-10)19-3-2-16/h2,4-5,17H,3H2,1H3,(H,13,14,15). The number of carbonyl (C=O) groups is 1. The van der Waals surface area contributed by atoms with Gasteiger partial charge in [-0.2, -0.15) is 0 Å². The van der Waals surface area contributed by atoms with Crippen LogP contribution in [0.3, 0.4) is 0 Å². The molecule has 19 heavy (non-hydrogen) atoms. The van der Waals surface area contributed by atoms with E-state index < -0.39 is 11.6 Å². The number of methoxy groups -OCH3 is 1. The van der Waals surface area contributed by atoms with Gasteiger partial charge in [0.2, 0.25) is 5.16 Å². The lowest BCUT2D eigenvalue weighted by molar-refractivity contribution is -0.105. The molecule has 0 unspecified atom stereocenters. The van der Waals surface area contributed by atoms with Crippen LogP contribution in [-0.2, 0) is 4.79 Å². The first kappa shape index (κ1) is 13.3. The number of nitrogens with zero attached hydrogens (tertiary/aromatic N) is 2. The molecular formula is C11H10FN3O3S. The van der Waals surface area contributed by atoms with Crippen molar-refractivity contribution < 1.29 is 19.0 Å². The average Bonchev–Trinajstić information content (AvgIpc) is 2.88. The maximum atomic E-state index is 13.5. The molecule has 100 valence electrons. The second-order valence-electron chi connectivity index (χ2n) is 3.45. The summed E-state index contributed by atoms with van der Waals surface area (Å²) in [6, 6.07) is 2.56. The number of phenolic OH excluding ortho intramolecular Hbond substituents is 1. The summed E-state index contributed by atoms with van der Waals surface area (Å²) < 4.78 is 18.3. The Morgan fingerprint density at radius 2 is 2.37 bits per heavy atom. The number of benzene rings is 1. The molecule has 1 aromatic carbocycles. The van der Waals surface area contributed by atoms with E-state index in [0.29, 0.717) is 16.5 Å². The second-order valence-corrected chi connectivity index (χ2v) is 4.44. The molecule has 0 radical (unpaired) electrons. The first-order valence-electron chi connectivity index (χ1n) is 5.21. The van der Waals surface area contributed by atoms with Gasteiger partial charge >= 0.3 is 0 Å². The van der Waals surface area contributed by atoms with Gasteiger partial charge in [-0.1, -0.05) is 11.8 Å². The van der Waals surface area contributed by atoms with E-state index in [9.17, 15) is 14.3 Å². The number of hydrogen-bond acceptors (Lipinski definition) is 6. The predicted molar refractivity (Wildman–Crippen MR) is 66.8 cm³/mol. The van der Waals surface area contributed by atoms with E-state index in [0.717, 1.165) is 24.1 Å². The van der Waals surface area contributed by atoms with Crippen LogP contribution >= 0.6 is 11.8 Å². The lowest BCUT2D eigenvalue weighted by Crippen LogP contribution is -1.90. The number of aromatic nitrogens is 3. The van der Waals surface area contributed by atoms with Crippen molar-refractivity contribution in [3.05, 3.63) is 17.9 Å². The summed E-state index contributed by atoms with van der Waals surface area (Å²) in [6.07, 6.45) is 0.740. The van der Waals surface area contributed by atoms with Crippen molar-refractivity contribution in [2.45, 2.75) is 5.16 Å². The van der Waals surface area contributed by atoms with Crippen LogP contribution in [-0.4, -0.2) is 39.4 Å². The summed E-state index contributed by atoms with van der Waals surface area (Å²) in [4.78, 5) is 14.3. The molecule has 2 aromatic rings. The Balaban J connectivity index is 2.33. The molecule has 0 saturated carbocycles. The van der Waals surface area contributed by atoms with Crippen molar-refractivity contribution in [1.82, 2.24) is 15.2 Å². The van der Waals surface area contributed by atoms with E-state index in [4.69, 9.17) is 4.74 Å². The Morgan fingerprint density at radius 3 is 3.05 bits per heavy atom. The van der Waals surface area contributed by atoms with Gasteiger partial charge in [0, 0.05) is 5.56 Å². The SMILES string of the molecule is COc1cc(-c2nc(SCC=O)n[nH]2)cc(F)c1O. The summed E-state index contributed by atoms with van der Waals surface area (Å²) >= 11 is 1.16. The smallest absolute Gasteiger partial charge is 0.209 e. The van der Waals surface area contributed by atoms with Gasteiger partial charge in [0.15, 0.2) is 23.1 Å². The zero-order chi connectivity index (χ0) is 13.8. The fourth-order valence-corrected chi connectivity index (χ4v) is 1.90. The molecule has 1 aromatic heterocycles. The number of rotatable bonds is 5. The number of ether oxygens (including phenoxy) is 1. The van der Waals surface area contributed by atoms with Gasteiger partial charge in [-0.25, -0.2) is 9.37 Å². The van der Waals surface area contributed by atoms with E-state index in [1.165, 1.54) is 13.2 Å². The monoisotopic (exact) mass is 283 g/mol. The number of aromatic hydroxyl groups is 1. The van der Waals surface area contributed by atoms with E-state index in [2.05, 4.69) is 15.2 Å². The number of aldehydes is 1.